The number of aryl methyl sites for hydroxylation is 1. The van der Waals surface area contributed by atoms with Crippen molar-refractivity contribution in [2.24, 2.45) is 5.73 Å². The van der Waals surface area contributed by atoms with Crippen molar-refractivity contribution in [2.45, 2.75) is 45.7 Å². The third-order valence-electron chi connectivity index (χ3n) is 3.60. The Morgan fingerprint density at radius 1 is 1.24 bits per heavy atom. The van der Waals surface area contributed by atoms with Crippen molar-refractivity contribution in [3.63, 3.8) is 0 Å². The maximum absolute atomic E-state index is 14.3. The summed E-state index contributed by atoms with van der Waals surface area (Å²) in [6, 6.07) is 7.82. The number of hydrogen-bond acceptors (Lipinski definition) is 2. The molecule has 1 aromatic carbocycles. The largest absolute Gasteiger partial charge is 0.328 e. The van der Waals surface area contributed by atoms with Gasteiger partial charge in [-0.2, -0.15) is 13.9 Å². The Labute approximate surface area is 123 Å². The van der Waals surface area contributed by atoms with E-state index in [1.54, 1.807) is 18.2 Å². The van der Waals surface area contributed by atoms with Gasteiger partial charge in [-0.05, 0) is 32.8 Å². The number of hydrogen-bond donors (Lipinski definition) is 1. The lowest BCUT2D eigenvalue weighted by molar-refractivity contribution is -0.0260. The number of aromatic nitrogens is 2. The Bertz CT molecular complexity index is 603. The van der Waals surface area contributed by atoms with Crippen molar-refractivity contribution in [1.82, 2.24) is 9.78 Å². The van der Waals surface area contributed by atoms with Crippen molar-refractivity contribution in [1.29, 1.82) is 0 Å². The van der Waals surface area contributed by atoms with E-state index in [1.165, 1.54) is 16.8 Å². The summed E-state index contributed by atoms with van der Waals surface area (Å²) in [4.78, 5) is 0. The molecule has 1 unspecified atom stereocenters. The van der Waals surface area contributed by atoms with Crippen molar-refractivity contribution in [3.8, 4) is 0 Å². The van der Waals surface area contributed by atoms with E-state index in [0.717, 1.165) is 17.0 Å². The molecule has 0 fully saturated rings. The first-order valence-corrected chi connectivity index (χ1v) is 7.03. The zero-order valence-corrected chi connectivity index (χ0v) is 12.6. The summed E-state index contributed by atoms with van der Waals surface area (Å²) in [5.41, 5.74) is 8.31. The molecule has 2 N–H and O–H groups in total. The van der Waals surface area contributed by atoms with Gasteiger partial charge in [-0.15, -0.1) is 0 Å². The SMILES string of the molecule is Cc1nn(CC(F)(F)c2ccccc2)c(C)c1CC(C)N. The molecule has 21 heavy (non-hydrogen) atoms. The highest BCUT2D eigenvalue weighted by molar-refractivity contribution is 5.26. The molecule has 0 aliphatic heterocycles. The molecule has 1 aromatic heterocycles. The van der Waals surface area contributed by atoms with Crippen LogP contribution in [0.5, 0.6) is 0 Å². The first-order valence-electron chi connectivity index (χ1n) is 7.03. The molecule has 0 bridgehead atoms. The lowest BCUT2D eigenvalue weighted by atomic mass is 10.1. The molecule has 0 amide bonds. The fourth-order valence-corrected chi connectivity index (χ4v) is 2.47. The summed E-state index contributed by atoms with van der Waals surface area (Å²) in [6.45, 7) is 5.10. The normalized spacial score (nSPS) is 13.4. The molecule has 0 saturated carbocycles. The monoisotopic (exact) mass is 293 g/mol. The molecule has 0 radical (unpaired) electrons. The predicted molar refractivity (Wildman–Crippen MR) is 79.4 cm³/mol. The Kier molecular flexibility index (Phi) is 4.42. The van der Waals surface area contributed by atoms with E-state index >= 15 is 0 Å². The van der Waals surface area contributed by atoms with Gasteiger partial charge in [-0.25, -0.2) is 0 Å². The first kappa shape index (κ1) is 15.6. The third kappa shape index (κ3) is 3.47. The Balaban J connectivity index is 2.28. The zero-order chi connectivity index (χ0) is 15.6. The standard InChI is InChI=1S/C16H21F2N3/c1-11(19)9-15-12(2)20-21(13(15)3)10-16(17,18)14-7-5-4-6-8-14/h4-8,11H,9-10,19H2,1-3H3. The van der Waals surface area contributed by atoms with Crippen LogP contribution in [0.3, 0.4) is 0 Å². The number of alkyl halides is 2. The highest BCUT2D eigenvalue weighted by atomic mass is 19.3. The summed E-state index contributed by atoms with van der Waals surface area (Å²) >= 11 is 0. The minimum Gasteiger partial charge on any atom is -0.328 e. The van der Waals surface area contributed by atoms with Gasteiger partial charge in [-0.1, -0.05) is 30.3 Å². The van der Waals surface area contributed by atoms with Crippen LogP contribution in [0.25, 0.3) is 0 Å². The van der Waals surface area contributed by atoms with Crippen molar-refractivity contribution >= 4 is 0 Å². The van der Waals surface area contributed by atoms with Crippen LogP contribution in [-0.2, 0) is 18.9 Å². The minimum absolute atomic E-state index is 0.00583. The van der Waals surface area contributed by atoms with E-state index in [0.29, 0.717) is 6.42 Å². The molecule has 0 aliphatic carbocycles. The van der Waals surface area contributed by atoms with Gasteiger partial charge in [0.15, 0.2) is 0 Å². The van der Waals surface area contributed by atoms with Crippen molar-refractivity contribution < 1.29 is 8.78 Å². The molecule has 2 rings (SSSR count). The third-order valence-corrected chi connectivity index (χ3v) is 3.60. The van der Waals surface area contributed by atoms with E-state index in [9.17, 15) is 8.78 Å². The number of benzene rings is 1. The molecular formula is C16H21F2N3. The number of rotatable bonds is 5. The topological polar surface area (TPSA) is 43.8 Å². The molecule has 114 valence electrons. The van der Waals surface area contributed by atoms with Crippen LogP contribution in [0.1, 0.15) is 29.4 Å². The second kappa shape index (κ2) is 5.93. The molecule has 3 nitrogen and oxygen atoms in total. The average molecular weight is 293 g/mol. The average Bonchev–Trinajstić information content (AvgIpc) is 2.66. The van der Waals surface area contributed by atoms with Gasteiger partial charge in [0.2, 0.25) is 0 Å². The number of nitrogens with zero attached hydrogens (tertiary/aromatic N) is 2. The molecule has 1 heterocycles. The highest BCUT2D eigenvalue weighted by Crippen LogP contribution is 2.30. The molecule has 0 aliphatic rings. The van der Waals surface area contributed by atoms with E-state index in [1.807, 2.05) is 20.8 Å². The second-order valence-electron chi connectivity index (χ2n) is 5.56. The molecule has 0 saturated heterocycles. The van der Waals surface area contributed by atoms with Crippen LogP contribution in [0.4, 0.5) is 8.78 Å². The van der Waals surface area contributed by atoms with Crippen molar-refractivity contribution in [2.75, 3.05) is 0 Å². The van der Waals surface area contributed by atoms with Gasteiger partial charge < -0.3 is 5.73 Å². The first-order chi connectivity index (χ1) is 9.81. The minimum atomic E-state index is -2.95. The lowest BCUT2D eigenvalue weighted by Crippen LogP contribution is -2.23. The number of halogens is 2. The maximum atomic E-state index is 14.3. The number of nitrogens with two attached hydrogens (primary N) is 1. The van der Waals surface area contributed by atoms with E-state index < -0.39 is 12.5 Å². The Morgan fingerprint density at radius 2 is 1.86 bits per heavy atom. The zero-order valence-electron chi connectivity index (χ0n) is 12.6. The molecule has 1 atom stereocenters. The van der Waals surface area contributed by atoms with Gasteiger partial charge >= 0.3 is 0 Å². The quantitative estimate of drug-likeness (QED) is 0.920. The van der Waals surface area contributed by atoms with E-state index in [-0.39, 0.29) is 11.6 Å². The van der Waals surface area contributed by atoms with Crippen LogP contribution >= 0.6 is 0 Å². The van der Waals surface area contributed by atoms with Gasteiger partial charge in [0.05, 0.1) is 5.69 Å². The van der Waals surface area contributed by atoms with Gasteiger partial charge in [0.25, 0.3) is 5.92 Å². The highest BCUT2D eigenvalue weighted by Gasteiger charge is 2.33. The molecule has 0 spiro atoms. The van der Waals surface area contributed by atoms with Crippen LogP contribution < -0.4 is 5.73 Å². The van der Waals surface area contributed by atoms with Crippen LogP contribution in [-0.4, -0.2) is 15.8 Å². The summed E-state index contributed by atoms with van der Waals surface area (Å²) in [5.74, 6) is -2.95. The second-order valence-corrected chi connectivity index (χ2v) is 5.56. The molecule has 2 aromatic rings. The summed E-state index contributed by atoms with van der Waals surface area (Å²) in [6.07, 6.45) is 0.647. The van der Waals surface area contributed by atoms with Gasteiger partial charge in [0, 0.05) is 17.3 Å². The smallest absolute Gasteiger partial charge is 0.292 e. The summed E-state index contributed by atoms with van der Waals surface area (Å²) in [5, 5.41) is 4.26. The maximum Gasteiger partial charge on any atom is 0.292 e. The summed E-state index contributed by atoms with van der Waals surface area (Å²) < 4.78 is 30.1. The molecule has 5 heteroatoms. The molecular weight excluding hydrogens is 272 g/mol. The fraction of sp³-hybridized carbons (Fsp3) is 0.438. The lowest BCUT2D eigenvalue weighted by Gasteiger charge is -2.18. The van der Waals surface area contributed by atoms with Crippen LogP contribution in [0.2, 0.25) is 0 Å². The fourth-order valence-electron chi connectivity index (χ4n) is 2.47. The van der Waals surface area contributed by atoms with E-state index in [4.69, 9.17) is 5.73 Å². The Morgan fingerprint density at radius 3 is 2.43 bits per heavy atom. The predicted octanol–water partition coefficient (Wildman–Crippen LogP) is 3.18. The summed E-state index contributed by atoms with van der Waals surface area (Å²) in [7, 11) is 0. The van der Waals surface area contributed by atoms with Crippen LogP contribution in [0.15, 0.2) is 30.3 Å². The van der Waals surface area contributed by atoms with Gasteiger partial charge in [0.1, 0.15) is 6.54 Å². The Hall–Kier alpha value is -1.75. The van der Waals surface area contributed by atoms with Gasteiger partial charge in [-0.3, -0.25) is 4.68 Å². The van der Waals surface area contributed by atoms with Crippen molar-refractivity contribution in [3.05, 3.63) is 52.8 Å². The van der Waals surface area contributed by atoms with Crippen LogP contribution in [0, 0.1) is 13.8 Å². The van der Waals surface area contributed by atoms with E-state index in [2.05, 4.69) is 5.10 Å².